The summed E-state index contributed by atoms with van der Waals surface area (Å²) in [6.45, 7) is 1.47. The molecule has 0 aliphatic carbocycles. The maximum Gasteiger partial charge on any atom is 0.240 e. The molecular weight excluding hydrogens is 283 g/mol. The lowest BCUT2D eigenvalue weighted by atomic mass is 10.3. The minimum absolute atomic E-state index is 0.0715. The van der Waals surface area contributed by atoms with Gasteiger partial charge in [-0.2, -0.15) is 0 Å². The summed E-state index contributed by atoms with van der Waals surface area (Å²) in [5.74, 6) is 0. The van der Waals surface area contributed by atoms with Crippen LogP contribution in [0.2, 0.25) is 10.0 Å². The molecule has 1 saturated heterocycles. The fraction of sp³-hybridized carbons (Fsp3) is 0.400. The van der Waals surface area contributed by atoms with E-state index < -0.39 is 10.0 Å². The molecule has 94 valence electrons. The van der Waals surface area contributed by atoms with Gasteiger partial charge in [0.05, 0.1) is 4.90 Å². The second kappa shape index (κ2) is 5.12. The first-order valence-electron chi connectivity index (χ1n) is 5.16. The van der Waals surface area contributed by atoms with Crippen molar-refractivity contribution in [2.24, 2.45) is 0 Å². The van der Waals surface area contributed by atoms with Crippen LogP contribution in [0.1, 0.15) is 6.42 Å². The molecule has 7 heteroatoms. The molecule has 17 heavy (non-hydrogen) atoms. The zero-order valence-corrected chi connectivity index (χ0v) is 11.2. The monoisotopic (exact) mass is 294 g/mol. The molecule has 1 fully saturated rings. The number of hydrogen-bond acceptors (Lipinski definition) is 3. The summed E-state index contributed by atoms with van der Waals surface area (Å²) in [6, 6.07) is 4.20. The van der Waals surface area contributed by atoms with E-state index >= 15 is 0 Å². The van der Waals surface area contributed by atoms with Crippen molar-refractivity contribution in [2.45, 2.75) is 17.4 Å². The van der Waals surface area contributed by atoms with Gasteiger partial charge in [-0.1, -0.05) is 23.2 Å². The number of nitrogens with one attached hydrogen (secondary N) is 2. The zero-order valence-electron chi connectivity index (χ0n) is 8.91. The maximum atomic E-state index is 12.0. The Balaban J connectivity index is 2.24. The van der Waals surface area contributed by atoms with Gasteiger partial charge in [-0.3, -0.25) is 0 Å². The summed E-state index contributed by atoms with van der Waals surface area (Å²) in [7, 11) is -3.55. The third-order valence-corrected chi connectivity index (χ3v) is 4.46. The van der Waals surface area contributed by atoms with Gasteiger partial charge in [0.15, 0.2) is 0 Å². The first-order valence-corrected chi connectivity index (χ1v) is 7.40. The zero-order chi connectivity index (χ0) is 12.5. The minimum Gasteiger partial charge on any atom is -0.315 e. The molecule has 2 N–H and O–H groups in total. The van der Waals surface area contributed by atoms with Gasteiger partial charge >= 0.3 is 0 Å². The van der Waals surface area contributed by atoms with Crippen LogP contribution in [0.4, 0.5) is 0 Å². The van der Waals surface area contributed by atoms with Gasteiger partial charge in [-0.15, -0.1) is 0 Å². The molecule has 0 bridgehead atoms. The topological polar surface area (TPSA) is 58.2 Å². The maximum absolute atomic E-state index is 12.0. The fourth-order valence-electron chi connectivity index (χ4n) is 1.73. The highest BCUT2D eigenvalue weighted by atomic mass is 35.5. The van der Waals surface area contributed by atoms with Crippen molar-refractivity contribution in [2.75, 3.05) is 13.1 Å². The van der Waals surface area contributed by atoms with Gasteiger partial charge in [0.2, 0.25) is 10.0 Å². The van der Waals surface area contributed by atoms with Crippen molar-refractivity contribution in [1.29, 1.82) is 0 Å². The van der Waals surface area contributed by atoms with Gasteiger partial charge < -0.3 is 5.32 Å². The van der Waals surface area contributed by atoms with Crippen LogP contribution < -0.4 is 10.0 Å². The van der Waals surface area contributed by atoms with Crippen molar-refractivity contribution in [3.05, 3.63) is 28.2 Å². The van der Waals surface area contributed by atoms with Gasteiger partial charge in [0.1, 0.15) is 0 Å². The highest BCUT2D eigenvalue weighted by Gasteiger charge is 2.23. The summed E-state index contributed by atoms with van der Waals surface area (Å²) in [5.41, 5.74) is 0. The third kappa shape index (κ3) is 3.33. The molecule has 1 heterocycles. The van der Waals surface area contributed by atoms with E-state index in [1.165, 1.54) is 18.2 Å². The molecule has 2 rings (SSSR count). The Hall–Kier alpha value is -0.330. The largest absolute Gasteiger partial charge is 0.315 e. The summed E-state index contributed by atoms with van der Waals surface area (Å²) >= 11 is 11.6. The summed E-state index contributed by atoms with van der Waals surface area (Å²) in [6.07, 6.45) is 0.785. The van der Waals surface area contributed by atoms with Crippen LogP contribution in [0.5, 0.6) is 0 Å². The summed E-state index contributed by atoms with van der Waals surface area (Å²) < 4.78 is 26.7. The van der Waals surface area contributed by atoms with Crippen LogP contribution in [0.3, 0.4) is 0 Å². The lowest BCUT2D eigenvalue weighted by Crippen LogP contribution is -2.36. The highest BCUT2D eigenvalue weighted by Crippen LogP contribution is 2.22. The molecule has 1 aliphatic rings. The first-order chi connectivity index (χ1) is 7.97. The summed E-state index contributed by atoms with van der Waals surface area (Å²) in [4.78, 5) is 0.0990. The molecule has 1 aromatic carbocycles. The van der Waals surface area contributed by atoms with Crippen LogP contribution in [0.25, 0.3) is 0 Å². The van der Waals surface area contributed by atoms with Gasteiger partial charge in [-0.05, 0) is 31.2 Å². The quantitative estimate of drug-likeness (QED) is 0.891. The molecule has 0 saturated carbocycles. The van der Waals surface area contributed by atoms with Crippen molar-refractivity contribution < 1.29 is 8.42 Å². The Morgan fingerprint density at radius 2 is 1.88 bits per heavy atom. The predicted octanol–water partition coefficient (Wildman–Crippen LogP) is 1.63. The van der Waals surface area contributed by atoms with E-state index in [-0.39, 0.29) is 10.9 Å². The molecule has 0 unspecified atom stereocenters. The molecule has 0 amide bonds. The van der Waals surface area contributed by atoms with Crippen LogP contribution in [-0.2, 0) is 10.0 Å². The second-order valence-electron chi connectivity index (χ2n) is 3.92. The van der Waals surface area contributed by atoms with Crippen LogP contribution in [0, 0.1) is 0 Å². The Morgan fingerprint density at radius 1 is 1.24 bits per heavy atom. The number of sulfonamides is 1. The van der Waals surface area contributed by atoms with E-state index in [1.807, 2.05) is 0 Å². The number of halogens is 2. The smallest absolute Gasteiger partial charge is 0.240 e. The Labute approximate surface area is 110 Å². The van der Waals surface area contributed by atoms with E-state index in [1.54, 1.807) is 0 Å². The second-order valence-corrected chi connectivity index (χ2v) is 6.50. The molecule has 1 aromatic rings. The van der Waals surface area contributed by atoms with Crippen molar-refractivity contribution >= 4 is 33.2 Å². The first kappa shape index (κ1) is 13.1. The van der Waals surface area contributed by atoms with E-state index in [0.29, 0.717) is 16.6 Å². The van der Waals surface area contributed by atoms with E-state index in [4.69, 9.17) is 23.2 Å². The van der Waals surface area contributed by atoms with E-state index in [9.17, 15) is 8.42 Å². The third-order valence-electron chi connectivity index (χ3n) is 2.53. The average molecular weight is 295 g/mol. The Kier molecular flexibility index (Phi) is 3.95. The minimum atomic E-state index is -3.55. The highest BCUT2D eigenvalue weighted by molar-refractivity contribution is 7.89. The SMILES string of the molecule is O=S(=O)(N[C@@H]1CCNC1)c1cc(Cl)cc(Cl)c1. The van der Waals surface area contributed by atoms with Crippen molar-refractivity contribution in [3.8, 4) is 0 Å². The molecule has 0 aromatic heterocycles. The number of hydrogen-bond donors (Lipinski definition) is 2. The fourth-order valence-corrected chi connectivity index (χ4v) is 3.72. The van der Waals surface area contributed by atoms with Gasteiger partial charge in [0.25, 0.3) is 0 Å². The van der Waals surface area contributed by atoms with Crippen LogP contribution >= 0.6 is 23.2 Å². The molecule has 0 spiro atoms. The van der Waals surface area contributed by atoms with Crippen molar-refractivity contribution in [1.82, 2.24) is 10.0 Å². The molecule has 1 aliphatic heterocycles. The van der Waals surface area contributed by atoms with E-state index in [0.717, 1.165) is 13.0 Å². The lowest BCUT2D eigenvalue weighted by molar-refractivity contribution is 0.560. The van der Waals surface area contributed by atoms with Crippen LogP contribution in [-0.4, -0.2) is 27.5 Å². The molecule has 4 nitrogen and oxygen atoms in total. The van der Waals surface area contributed by atoms with E-state index in [2.05, 4.69) is 10.0 Å². The molecule has 0 radical (unpaired) electrons. The van der Waals surface area contributed by atoms with Crippen LogP contribution in [0.15, 0.2) is 23.1 Å². The number of benzene rings is 1. The molecule has 1 atom stereocenters. The van der Waals surface area contributed by atoms with Crippen molar-refractivity contribution in [3.63, 3.8) is 0 Å². The average Bonchev–Trinajstić information content (AvgIpc) is 2.68. The van der Waals surface area contributed by atoms with Gasteiger partial charge in [-0.25, -0.2) is 13.1 Å². The Morgan fingerprint density at radius 3 is 2.41 bits per heavy atom. The number of rotatable bonds is 3. The lowest BCUT2D eigenvalue weighted by Gasteiger charge is -2.12. The van der Waals surface area contributed by atoms with Gasteiger partial charge in [0, 0.05) is 22.6 Å². The summed E-state index contributed by atoms with van der Waals surface area (Å²) in [5, 5.41) is 3.71. The standard InChI is InChI=1S/C10H12Cl2N2O2S/c11-7-3-8(12)5-10(4-7)17(15,16)14-9-1-2-13-6-9/h3-5,9,13-14H,1-2,6H2/t9-/m1/s1. The Bertz CT molecular complexity index is 493. The molecular formula is C10H12Cl2N2O2S. The normalized spacial score (nSPS) is 20.7. The predicted molar refractivity (Wildman–Crippen MR) is 68.1 cm³/mol.